The molecule has 2 aliphatic rings. The predicted octanol–water partition coefficient (Wildman–Crippen LogP) is 3.29. The Hall–Kier alpha value is -2.62. The van der Waals surface area contributed by atoms with Crippen LogP contribution in [0.4, 0.5) is 0 Å². The molecule has 0 aromatic heterocycles. The van der Waals surface area contributed by atoms with E-state index in [0.29, 0.717) is 17.6 Å². The van der Waals surface area contributed by atoms with Crippen molar-refractivity contribution in [3.8, 4) is 5.75 Å². The largest absolute Gasteiger partial charge is 0.484 e. The Balaban J connectivity index is 1.31. The Morgan fingerprint density at radius 3 is 2.96 bits per heavy atom. The first-order valence-electron chi connectivity index (χ1n) is 7.93. The molecule has 2 atom stereocenters. The Labute approximate surface area is 134 Å². The molecule has 23 heavy (non-hydrogen) atoms. The lowest BCUT2D eigenvalue weighted by Gasteiger charge is -2.31. The molecule has 1 fully saturated rings. The van der Waals surface area contributed by atoms with Gasteiger partial charge in [0.25, 0.3) is 5.91 Å². The summed E-state index contributed by atoms with van der Waals surface area (Å²) in [5, 5.41) is 6.48. The highest BCUT2D eigenvalue weighted by atomic mass is 16.5. The average Bonchev–Trinajstić information content (AvgIpc) is 2.94. The molecule has 2 aliphatic carbocycles. The van der Waals surface area contributed by atoms with Gasteiger partial charge in [-0.2, -0.15) is 5.10 Å². The molecule has 0 bridgehead atoms. The molecule has 0 radical (unpaired) electrons. The van der Waals surface area contributed by atoms with Gasteiger partial charge in [-0.05, 0) is 41.7 Å². The highest BCUT2D eigenvalue weighted by Crippen LogP contribution is 2.40. The molecule has 0 aliphatic heterocycles. The number of ether oxygens (including phenoxy) is 1. The van der Waals surface area contributed by atoms with Crippen molar-refractivity contribution in [3.63, 3.8) is 0 Å². The first-order valence-corrected chi connectivity index (χ1v) is 7.93. The summed E-state index contributed by atoms with van der Waals surface area (Å²) in [7, 11) is 0. The third kappa shape index (κ3) is 2.84. The average molecular weight is 306 g/mol. The summed E-state index contributed by atoms with van der Waals surface area (Å²) in [4.78, 5) is 11.9. The van der Waals surface area contributed by atoms with Crippen LogP contribution in [0.15, 0.2) is 59.7 Å². The summed E-state index contributed by atoms with van der Waals surface area (Å²) in [5.74, 6) is 1.62. The Morgan fingerprint density at radius 1 is 1.22 bits per heavy atom. The summed E-state index contributed by atoms with van der Waals surface area (Å²) in [6.07, 6.45) is 6.46. The van der Waals surface area contributed by atoms with Crippen LogP contribution in [0, 0.1) is 11.8 Å². The molecular formula is C19H18N2O2. The number of hydrogen-bond donors (Lipinski definition) is 1. The van der Waals surface area contributed by atoms with Crippen molar-refractivity contribution >= 4 is 22.4 Å². The van der Waals surface area contributed by atoms with Crippen molar-refractivity contribution < 1.29 is 9.53 Å². The lowest BCUT2D eigenvalue weighted by atomic mass is 9.74. The van der Waals surface area contributed by atoms with Crippen LogP contribution in [-0.4, -0.2) is 18.2 Å². The predicted molar refractivity (Wildman–Crippen MR) is 90.4 cm³/mol. The maximum atomic E-state index is 11.9. The third-order valence-corrected chi connectivity index (χ3v) is 4.58. The molecule has 2 aromatic rings. The van der Waals surface area contributed by atoms with Crippen LogP contribution in [0.2, 0.25) is 0 Å². The molecular weight excluding hydrogens is 288 g/mol. The molecule has 116 valence electrons. The number of hydrogen-bond acceptors (Lipinski definition) is 3. The molecule has 4 heteroatoms. The summed E-state index contributed by atoms with van der Waals surface area (Å²) in [6, 6.07) is 13.9. The van der Waals surface area contributed by atoms with Crippen molar-refractivity contribution in [3.05, 3.63) is 54.6 Å². The van der Waals surface area contributed by atoms with Crippen molar-refractivity contribution in [2.24, 2.45) is 16.9 Å². The third-order valence-electron chi connectivity index (χ3n) is 4.58. The minimum absolute atomic E-state index is 0.0263. The number of nitrogens with one attached hydrogen (secondary N) is 1. The smallest absolute Gasteiger partial charge is 0.277 e. The monoisotopic (exact) mass is 306 g/mol. The highest BCUT2D eigenvalue weighted by Gasteiger charge is 2.37. The number of carbonyl (C=O) groups excluding carboxylic acids is 1. The summed E-state index contributed by atoms with van der Waals surface area (Å²) < 4.78 is 5.55. The first-order chi connectivity index (χ1) is 11.3. The zero-order valence-electron chi connectivity index (χ0n) is 12.7. The fraction of sp³-hybridized carbons (Fsp3) is 0.263. The Kier molecular flexibility index (Phi) is 3.58. The Bertz CT molecular complexity index is 810. The van der Waals surface area contributed by atoms with Gasteiger partial charge in [0.2, 0.25) is 0 Å². The minimum Gasteiger partial charge on any atom is -0.484 e. The van der Waals surface area contributed by atoms with Gasteiger partial charge in [-0.15, -0.1) is 0 Å². The highest BCUT2D eigenvalue weighted by molar-refractivity contribution is 5.95. The maximum absolute atomic E-state index is 11.9. The van der Waals surface area contributed by atoms with E-state index >= 15 is 0 Å². The number of rotatable bonds is 4. The van der Waals surface area contributed by atoms with Gasteiger partial charge in [-0.1, -0.05) is 42.5 Å². The summed E-state index contributed by atoms with van der Waals surface area (Å²) in [6.45, 7) is -0.0263. The number of hydrazone groups is 1. The number of allylic oxidation sites excluding steroid dienone is 2. The van der Waals surface area contributed by atoms with Crippen LogP contribution >= 0.6 is 0 Å². The topological polar surface area (TPSA) is 50.7 Å². The van der Waals surface area contributed by atoms with Crippen LogP contribution < -0.4 is 10.2 Å². The second-order valence-electron chi connectivity index (χ2n) is 6.07. The number of fused-ring (bicyclic) bond motifs is 2. The van der Waals surface area contributed by atoms with Crippen molar-refractivity contribution in [1.82, 2.24) is 5.43 Å². The van der Waals surface area contributed by atoms with Crippen LogP contribution in [0.1, 0.15) is 12.8 Å². The zero-order chi connectivity index (χ0) is 15.6. The van der Waals surface area contributed by atoms with Crippen molar-refractivity contribution in [1.29, 1.82) is 0 Å². The fourth-order valence-electron chi connectivity index (χ4n) is 3.24. The molecule has 4 rings (SSSR count). The van der Waals surface area contributed by atoms with E-state index in [1.54, 1.807) is 0 Å². The molecule has 2 aromatic carbocycles. The molecule has 0 spiro atoms. The van der Waals surface area contributed by atoms with Gasteiger partial charge in [0, 0.05) is 11.6 Å². The SMILES string of the molecule is O=C(COc1ccc2ccccc2c1)N/N=C1/CC2C=CCC12. The first kappa shape index (κ1) is 14.0. The van der Waals surface area contributed by atoms with Gasteiger partial charge < -0.3 is 4.74 Å². The van der Waals surface area contributed by atoms with E-state index in [4.69, 9.17) is 4.74 Å². The van der Waals surface area contributed by atoms with Crippen LogP contribution in [0.3, 0.4) is 0 Å². The molecule has 1 saturated carbocycles. The number of nitrogens with zero attached hydrogens (tertiary/aromatic N) is 1. The van der Waals surface area contributed by atoms with Crippen molar-refractivity contribution in [2.45, 2.75) is 12.8 Å². The lowest BCUT2D eigenvalue weighted by molar-refractivity contribution is -0.123. The normalized spacial score (nSPS) is 23.6. The molecule has 2 unspecified atom stereocenters. The summed E-state index contributed by atoms with van der Waals surface area (Å²) >= 11 is 0. The molecule has 4 nitrogen and oxygen atoms in total. The van der Waals surface area contributed by atoms with E-state index < -0.39 is 0 Å². The number of carbonyl (C=O) groups is 1. The number of amides is 1. The fourth-order valence-corrected chi connectivity index (χ4v) is 3.24. The molecule has 1 N–H and O–H groups in total. The van der Waals surface area contributed by atoms with E-state index in [-0.39, 0.29) is 12.5 Å². The quantitative estimate of drug-likeness (QED) is 0.696. The Morgan fingerprint density at radius 2 is 2.09 bits per heavy atom. The van der Waals surface area contributed by atoms with Crippen LogP contribution in [0.25, 0.3) is 10.8 Å². The molecule has 0 saturated heterocycles. The van der Waals surface area contributed by atoms with Gasteiger partial charge in [-0.3, -0.25) is 4.79 Å². The van der Waals surface area contributed by atoms with Gasteiger partial charge in [-0.25, -0.2) is 5.43 Å². The van der Waals surface area contributed by atoms with Gasteiger partial charge in [0.15, 0.2) is 6.61 Å². The van der Waals surface area contributed by atoms with E-state index in [9.17, 15) is 4.79 Å². The van der Waals surface area contributed by atoms with Gasteiger partial charge >= 0.3 is 0 Å². The second kappa shape index (κ2) is 5.88. The molecule has 0 heterocycles. The number of benzene rings is 2. The van der Waals surface area contributed by atoms with Gasteiger partial charge in [0.05, 0.1) is 0 Å². The van der Waals surface area contributed by atoms with E-state index in [1.807, 2.05) is 42.5 Å². The maximum Gasteiger partial charge on any atom is 0.277 e. The second-order valence-corrected chi connectivity index (χ2v) is 6.07. The summed E-state index contributed by atoms with van der Waals surface area (Å²) in [5.41, 5.74) is 3.70. The molecule has 1 amide bonds. The van der Waals surface area contributed by atoms with E-state index in [1.165, 1.54) is 0 Å². The van der Waals surface area contributed by atoms with Crippen molar-refractivity contribution in [2.75, 3.05) is 6.61 Å². The van der Waals surface area contributed by atoms with E-state index in [0.717, 1.165) is 29.3 Å². The van der Waals surface area contributed by atoms with Crippen LogP contribution in [0.5, 0.6) is 5.75 Å². The zero-order valence-corrected chi connectivity index (χ0v) is 12.7. The standard InChI is InChI=1S/C19H18N2O2/c22-19(21-20-18-11-15-6-3-7-17(15)18)12-23-16-9-8-13-4-1-2-5-14(13)10-16/h1-6,8-10,15,17H,7,11-12H2,(H,21,22)/b20-18-. The lowest BCUT2D eigenvalue weighted by Crippen LogP contribution is -2.36. The minimum atomic E-state index is -0.222. The van der Waals surface area contributed by atoms with E-state index in [2.05, 4.69) is 22.7 Å². The van der Waals surface area contributed by atoms with Crippen LogP contribution in [-0.2, 0) is 4.79 Å². The van der Waals surface area contributed by atoms with Gasteiger partial charge in [0.1, 0.15) is 5.75 Å².